The molecule has 5 heteroatoms. The number of rotatable bonds is 5. The Bertz CT molecular complexity index is 548. The van der Waals surface area contributed by atoms with Crippen LogP contribution in [0.2, 0.25) is 0 Å². The van der Waals surface area contributed by atoms with Crippen molar-refractivity contribution in [2.45, 2.75) is 39.8 Å². The first-order valence-corrected chi connectivity index (χ1v) is 8.27. The number of benzene rings is 1. The van der Waals surface area contributed by atoms with Crippen LogP contribution in [-0.4, -0.2) is 37.0 Å². The van der Waals surface area contributed by atoms with E-state index in [2.05, 4.69) is 12.2 Å². The Morgan fingerprint density at radius 1 is 1.48 bits per heavy atom. The number of carbonyl (C=O) groups excluding carboxylic acids is 1. The molecule has 1 aliphatic heterocycles. The van der Waals surface area contributed by atoms with Gasteiger partial charge in [0, 0.05) is 31.6 Å². The summed E-state index contributed by atoms with van der Waals surface area (Å²) < 4.78 is 18.6. The first kappa shape index (κ1) is 17.7. The van der Waals surface area contributed by atoms with Crippen molar-refractivity contribution in [1.82, 2.24) is 10.2 Å². The molecule has 128 valence electrons. The van der Waals surface area contributed by atoms with Gasteiger partial charge in [0.25, 0.3) is 0 Å². The average Bonchev–Trinajstić information content (AvgIpc) is 2.53. The van der Waals surface area contributed by atoms with Crippen molar-refractivity contribution in [2.24, 2.45) is 11.8 Å². The average molecular weight is 322 g/mol. The Labute approximate surface area is 138 Å². The van der Waals surface area contributed by atoms with Crippen LogP contribution in [0.3, 0.4) is 0 Å². The summed E-state index contributed by atoms with van der Waals surface area (Å²) in [5, 5.41) is 3.50. The molecule has 0 spiro atoms. The highest BCUT2D eigenvalue weighted by molar-refractivity contribution is 5.78. The summed E-state index contributed by atoms with van der Waals surface area (Å²) in [7, 11) is 1.46. The van der Waals surface area contributed by atoms with Gasteiger partial charge in [-0.15, -0.1) is 0 Å². The summed E-state index contributed by atoms with van der Waals surface area (Å²) in [6.45, 7) is 8.23. The van der Waals surface area contributed by atoms with E-state index in [1.807, 2.05) is 24.8 Å². The fraction of sp³-hybridized carbons (Fsp3) is 0.611. The minimum absolute atomic E-state index is 0.0500. The third kappa shape index (κ3) is 4.44. The molecule has 0 unspecified atom stereocenters. The van der Waals surface area contributed by atoms with Gasteiger partial charge >= 0.3 is 0 Å². The Balaban J connectivity index is 1.87. The largest absolute Gasteiger partial charge is 0.494 e. The second-order valence-corrected chi connectivity index (χ2v) is 6.66. The molecule has 0 saturated carbocycles. The van der Waals surface area contributed by atoms with E-state index in [9.17, 15) is 9.18 Å². The fourth-order valence-corrected chi connectivity index (χ4v) is 3.08. The number of likely N-dealkylation sites (tertiary alicyclic amines) is 1. The van der Waals surface area contributed by atoms with Crippen molar-refractivity contribution in [3.8, 4) is 5.75 Å². The smallest absolute Gasteiger partial charge is 0.225 e. The summed E-state index contributed by atoms with van der Waals surface area (Å²) in [6.07, 6.45) is 0.929. The number of nitrogens with zero attached hydrogens (tertiary/aromatic N) is 1. The normalized spacial score (nSPS) is 21.6. The van der Waals surface area contributed by atoms with E-state index in [0.717, 1.165) is 25.1 Å². The Morgan fingerprint density at radius 3 is 2.78 bits per heavy atom. The molecule has 1 aromatic rings. The van der Waals surface area contributed by atoms with E-state index >= 15 is 0 Å². The van der Waals surface area contributed by atoms with Crippen LogP contribution in [0.4, 0.5) is 4.39 Å². The van der Waals surface area contributed by atoms with Crippen LogP contribution in [0, 0.1) is 17.7 Å². The van der Waals surface area contributed by atoms with Crippen LogP contribution >= 0.6 is 0 Å². The molecule has 2 atom stereocenters. The molecule has 4 nitrogen and oxygen atoms in total. The molecular formula is C18H27FN2O2. The second-order valence-electron chi connectivity index (χ2n) is 6.66. The topological polar surface area (TPSA) is 41.6 Å². The molecule has 1 amide bonds. The van der Waals surface area contributed by atoms with Crippen LogP contribution in [0.1, 0.15) is 32.8 Å². The Kier molecular flexibility index (Phi) is 5.99. The van der Waals surface area contributed by atoms with Gasteiger partial charge < -0.3 is 15.0 Å². The van der Waals surface area contributed by atoms with Gasteiger partial charge in [-0.05, 0) is 30.0 Å². The molecule has 1 N–H and O–H groups in total. The number of ether oxygens (including phenoxy) is 1. The van der Waals surface area contributed by atoms with Gasteiger partial charge in [0.15, 0.2) is 11.6 Å². The number of amides is 1. The minimum atomic E-state index is -0.336. The van der Waals surface area contributed by atoms with Crippen LogP contribution in [-0.2, 0) is 11.3 Å². The zero-order chi connectivity index (χ0) is 17.0. The van der Waals surface area contributed by atoms with E-state index in [-0.39, 0.29) is 23.4 Å². The van der Waals surface area contributed by atoms with Crippen LogP contribution < -0.4 is 10.1 Å². The highest BCUT2D eigenvalue weighted by Gasteiger charge is 2.29. The van der Waals surface area contributed by atoms with E-state index in [1.165, 1.54) is 13.2 Å². The summed E-state index contributed by atoms with van der Waals surface area (Å²) in [6, 6.07) is 5.38. The van der Waals surface area contributed by atoms with Gasteiger partial charge in [-0.25, -0.2) is 4.39 Å². The number of methoxy groups -OCH3 is 1. The third-order valence-electron chi connectivity index (χ3n) is 4.50. The van der Waals surface area contributed by atoms with Crippen LogP contribution in [0.15, 0.2) is 18.2 Å². The lowest BCUT2D eigenvalue weighted by Gasteiger charge is -2.38. The molecule has 2 rings (SSSR count). The van der Waals surface area contributed by atoms with Gasteiger partial charge in [0.2, 0.25) is 5.91 Å². The molecule has 0 aromatic heterocycles. The lowest BCUT2D eigenvalue weighted by molar-refractivity contribution is -0.136. The molecule has 1 aliphatic rings. The molecular weight excluding hydrogens is 295 g/mol. The SMILES string of the molecule is COc1ccc(CN[C@@H]2CCN(C(=O)C(C)C)C[C@@H]2C)cc1F. The highest BCUT2D eigenvalue weighted by atomic mass is 19.1. The van der Waals surface area contributed by atoms with Gasteiger partial charge in [-0.3, -0.25) is 4.79 Å². The van der Waals surface area contributed by atoms with Crippen molar-refractivity contribution in [2.75, 3.05) is 20.2 Å². The number of hydrogen-bond donors (Lipinski definition) is 1. The monoisotopic (exact) mass is 322 g/mol. The highest BCUT2D eigenvalue weighted by Crippen LogP contribution is 2.21. The summed E-state index contributed by atoms with van der Waals surface area (Å²) in [5.41, 5.74) is 0.899. The molecule has 0 radical (unpaired) electrons. The van der Waals surface area contributed by atoms with Crippen molar-refractivity contribution in [3.05, 3.63) is 29.6 Å². The van der Waals surface area contributed by atoms with Crippen molar-refractivity contribution >= 4 is 5.91 Å². The summed E-state index contributed by atoms with van der Waals surface area (Å²) in [5.74, 6) is 0.593. The van der Waals surface area contributed by atoms with Crippen molar-refractivity contribution in [3.63, 3.8) is 0 Å². The number of nitrogens with one attached hydrogen (secondary N) is 1. The lowest BCUT2D eigenvalue weighted by atomic mass is 9.93. The molecule has 1 fully saturated rings. The number of halogens is 1. The Hall–Kier alpha value is -1.62. The standard InChI is InChI=1S/C18H27FN2O2/c1-12(2)18(22)21-8-7-16(13(3)11-21)20-10-14-5-6-17(23-4)15(19)9-14/h5-6,9,12-13,16,20H,7-8,10-11H2,1-4H3/t13-,16+/m0/s1. The van der Waals surface area contributed by atoms with Gasteiger partial charge in [-0.1, -0.05) is 26.8 Å². The molecule has 0 bridgehead atoms. The van der Waals surface area contributed by atoms with Crippen molar-refractivity contribution < 1.29 is 13.9 Å². The minimum Gasteiger partial charge on any atom is -0.494 e. The Morgan fingerprint density at radius 2 is 2.22 bits per heavy atom. The number of piperidine rings is 1. The predicted octanol–water partition coefficient (Wildman–Crippen LogP) is 2.82. The van der Waals surface area contributed by atoms with Crippen LogP contribution in [0.5, 0.6) is 5.75 Å². The van der Waals surface area contributed by atoms with E-state index in [1.54, 1.807) is 6.07 Å². The molecule has 1 heterocycles. The molecule has 23 heavy (non-hydrogen) atoms. The third-order valence-corrected chi connectivity index (χ3v) is 4.50. The molecule has 1 aromatic carbocycles. The second kappa shape index (κ2) is 7.77. The lowest BCUT2D eigenvalue weighted by Crippen LogP contribution is -2.50. The first-order chi connectivity index (χ1) is 10.9. The summed E-state index contributed by atoms with van der Waals surface area (Å²) in [4.78, 5) is 14.0. The maximum Gasteiger partial charge on any atom is 0.225 e. The molecule has 0 aliphatic carbocycles. The van der Waals surface area contributed by atoms with Crippen molar-refractivity contribution in [1.29, 1.82) is 0 Å². The van der Waals surface area contributed by atoms with E-state index in [0.29, 0.717) is 18.5 Å². The predicted molar refractivity (Wildman–Crippen MR) is 88.8 cm³/mol. The number of hydrogen-bond acceptors (Lipinski definition) is 3. The number of carbonyl (C=O) groups is 1. The maximum atomic E-state index is 13.7. The first-order valence-electron chi connectivity index (χ1n) is 8.27. The van der Waals surface area contributed by atoms with Gasteiger partial charge in [0.05, 0.1) is 7.11 Å². The van der Waals surface area contributed by atoms with Gasteiger partial charge in [-0.2, -0.15) is 0 Å². The zero-order valence-corrected chi connectivity index (χ0v) is 14.4. The summed E-state index contributed by atoms with van der Waals surface area (Å²) >= 11 is 0. The maximum absolute atomic E-state index is 13.7. The van der Waals surface area contributed by atoms with Gasteiger partial charge in [0.1, 0.15) is 0 Å². The molecule has 1 saturated heterocycles. The quantitative estimate of drug-likeness (QED) is 0.906. The zero-order valence-electron chi connectivity index (χ0n) is 14.4. The van der Waals surface area contributed by atoms with E-state index in [4.69, 9.17) is 4.74 Å². The van der Waals surface area contributed by atoms with E-state index < -0.39 is 0 Å². The fourth-order valence-electron chi connectivity index (χ4n) is 3.08. The van der Waals surface area contributed by atoms with Crippen LogP contribution in [0.25, 0.3) is 0 Å².